The molecule has 0 fully saturated rings. The van der Waals surface area contributed by atoms with Crippen molar-refractivity contribution >= 4 is 38.0 Å². The fraction of sp³-hybridized carbons (Fsp3) is 0.0769. The van der Waals surface area contributed by atoms with Crippen LogP contribution in [0.25, 0.3) is 10.9 Å². The molecule has 3 rings (SSSR count). The molecule has 2 aromatic heterocycles. The maximum atomic E-state index is 12.2. The van der Waals surface area contributed by atoms with Gasteiger partial charge >= 0.3 is 0 Å². The predicted molar refractivity (Wildman–Crippen MR) is 78.2 cm³/mol. The summed E-state index contributed by atoms with van der Waals surface area (Å²) in [6.07, 6.45) is 1.82. The first kappa shape index (κ1) is 12.3. The summed E-state index contributed by atoms with van der Waals surface area (Å²) in [5, 5.41) is 0.975. The van der Waals surface area contributed by atoms with Crippen LogP contribution in [0.4, 0.5) is 5.69 Å². The van der Waals surface area contributed by atoms with Gasteiger partial charge in [0.05, 0.1) is 0 Å². The van der Waals surface area contributed by atoms with Crippen LogP contribution in [0, 0.1) is 6.92 Å². The molecule has 0 saturated carbocycles. The molecule has 0 amide bonds. The van der Waals surface area contributed by atoms with Crippen molar-refractivity contribution in [3.63, 3.8) is 0 Å². The smallest absolute Gasteiger partial charge is 0.271 e. The fourth-order valence-corrected chi connectivity index (χ4v) is 4.21. The van der Waals surface area contributed by atoms with Gasteiger partial charge in [-0.1, -0.05) is 0 Å². The van der Waals surface area contributed by atoms with Crippen LogP contribution in [0.1, 0.15) is 4.88 Å². The van der Waals surface area contributed by atoms with E-state index < -0.39 is 10.0 Å². The second-order valence-electron chi connectivity index (χ2n) is 4.25. The van der Waals surface area contributed by atoms with Crippen molar-refractivity contribution in [1.82, 2.24) is 4.98 Å². The lowest BCUT2D eigenvalue weighted by molar-refractivity contribution is 0.603. The lowest BCUT2D eigenvalue weighted by atomic mass is 10.2. The number of benzene rings is 1. The molecule has 0 spiro atoms. The van der Waals surface area contributed by atoms with E-state index in [9.17, 15) is 8.42 Å². The molecule has 0 aliphatic rings. The van der Waals surface area contributed by atoms with Crippen molar-refractivity contribution in [3.8, 4) is 0 Å². The van der Waals surface area contributed by atoms with Crippen molar-refractivity contribution in [3.05, 3.63) is 47.5 Å². The minimum atomic E-state index is -3.49. The first-order chi connectivity index (χ1) is 9.04. The number of aromatic amines is 1. The number of hydrogen-bond donors (Lipinski definition) is 2. The molecule has 1 aromatic carbocycles. The first-order valence-electron chi connectivity index (χ1n) is 5.71. The molecule has 0 aliphatic heterocycles. The Morgan fingerprint density at radius 3 is 2.74 bits per heavy atom. The zero-order chi connectivity index (χ0) is 13.5. The van der Waals surface area contributed by atoms with E-state index in [0.29, 0.717) is 9.90 Å². The molecule has 0 aliphatic carbocycles. The summed E-state index contributed by atoms with van der Waals surface area (Å²) < 4.78 is 27.3. The van der Waals surface area contributed by atoms with Gasteiger partial charge < -0.3 is 4.98 Å². The Labute approximate surface area is 115 Å². The topological polar surface area (TPSA) is 62.0 Å². The predicted octanol–water partition coefficient (Wildman–Crippen LogP) is 3.34. The normalized spacial score (nSPS) is 11.8. The van der Waals surface area contributed by atoms with Gasteiger partial charge in [0.25, 0.3) is 10.0 Å². The molecule has 0 radical (unpaired) electrons. The molecule has 2 N–H and O–H groups in total. The number of hydrogen-bond acceptors (Lipinski definition) is 3. The van der Waals surface area contributed by atoms with E-state index in [-0.39, 0.29) is 0 Å². The summed E-state index contributed by atoms with van der Waals surface area (Å²) in [7, 11) is -3.49. The Morgan fingerprint density at radius 2 is 2.00 bits per heavy atom. The van der Waals surface area contributed by atoms with Crippen molar-refractivity contribution in [2.45, 2.75) is 11.1 Å². The number of rotatable bonds is 3. The van der Waals surface area contributed by atoms with Crippen molar-refractivity contribution in [2.24, 2.45) is 0 Å². The molecular formula is C13H12N2O2S2. The highest BCUT2D eigenvalue weighted by atomic mass is 32.2. The minimum Gasteiger partial charge on any atom is -0.361 e. The van der Waals surface area contributed by atoms with Gasteiger partial charge in [-0.05, 0) is 43.3 Å². The van der Waals surface area contributed by atoms with Crippen molar-refractivity contribution < 1.29 is 8.42 Å². The fourth-order valence-electron chi connectivity index (χ4n) is 1.88. The number of H-pyrrole nitrogens is 1. The zero-order valence-electron chi connectivity index (χ0n) is 10.2. The molecule has 98 valence electrons. The highest BCUT2D eigenvalue weighted by molar-refractivity contribution is 7.94. The maximum Gasteiger partial charge on any atom is 0.271 e. The van der Waals surface area contributed by atoms with Gasteiger partial charge in [0.2, 0.25) is 0 Å². The Hall–Kier alpha value is -1.79. The van der Waals surface area contributed by atoms with E-state index in [2.05, 4.69) is 9.71 Å². The van der Waals surface area contributed by atoms with Gasteiger partial charge in [0.15, 0.2) is 0 Å². The van der Waals surface area contributed by atoms with Crippen LogP contribution in [-0.4, -0.2) is 13.4 Å². The van der Waals surface area contributed by atoms with Crippen molar-refractivity contribution in [2.75, 3.05) is 4.72 Å². The van der Waals surface area contributed by atoms with Crippen LogP contribution in [0.2, 0.25) is 0 Å². The average molecular weight is 292 g/mol. The number of sulfonamides is 1. The molecule has 4 nitrogen and oxygen atoms in total. The summed E-state index contributed by atoms with van der Waals surface area (Å²) in [6.45, 7) is 1.88. The Balaban J connectivity index is 1.95. The summed E-state index contributed by atoms with van der Waals surface area (Å²) in [5.41, 5.74) is 1.55. The zero-order valence-corrected chi connectivity index (χ0v) is 11.8. The SMILES string of the molecule is Cc1ccc(S(=O)(=O)Nc2ccc3[nH]ccc3c2)s1. The second-order valence-corrected chi connectivity index (χ2v) is 7.45. The lowest BCUT2D eigenvalue weighted by Gasteiger charge is -2.06. The van der Waals surface area contributed by atoms with Crippen LogP contribution < -0.4 is 4.72 Å². The number of anilines is 1. The van der Waals surface area contributed by atoms with Crippen LogP contribution in [0.3, 0.4) is 0 Å². The number of aromatic nitrogens is 1. The van der Waals surface area contributed by atoms with E-state index in [1.54, 1.807) is 18.2 Å². The Bertz CT molecular complexity index is 831. The summed E-state index contributed by atoms with van der Waals surface area (Å²) in [4.78, 5) is 4.04. The van der Waals surface area contributed by atoms with E-state index in [1.807, 2.05) is 31.3 Å². The van der Waals surface area contributed by atoms with Crippen LogP contribution in [-0.2, 0) is 10.0 Å². The minimum absolute atomic E-state index is 0.333. The van der Waals surface area contributed by atoms with Crippen LogP contribution in [0.5, 0.6) is 0 Å². The van der Waals surface area contributed by atoms with Gasteiger partial charge in [0, 0.05) is 27.7 Å². The first-order valence-corrected chi connectivity index (χ1v) is 8.01. The third-order valence-corrected chi connectivity index (χ3v) is 5.66. The molecular weight excluding hydrogens is 280 g/mol. The van der Waals surface area contributed by atoms with E-state index >= 15 is 0 Å². The number of aryl methyl sites for hydroxylation is 1. The van der Waals surface area contributed by atoms with Gasteiger partial charge in [-0.15, -0.1) is 11.3 Å². The summed E-state index contributed by atoms with van der Waals surface area (Å²) in [5.74, 6) is 0. The summed E-state index contributed by atoms with van der Waals surface area (Å²) in [6, 6.07) is 10.7. The van der Waals surface area contributed by atoms with Gasteiger partial charge in [-0.25, -0.2) is 8.42 Å². The van der Waals surface area contributed by atoms with Gasteiger partial charge in [0.1, 0.15) is 4.21 Å². The average Bonchev–Trinajstić information content (AvgIpc) is 2.96. The molecule has 0 unspecified atom stereocenters. The van der Waals surface area contributed by atoms with Gasteiger partial charge in [-0.2, -0.15) is 0 Å². The Morgan fingerprint density at radius 1 is 1.16 bits per heavy atom. The summed E-state index contributed by atoms with van der Waals surface area (Å²) >= 11 is 1.26. The quantitative estimate of drug-likeness (QED) is 0.777. The van der Waals surface area contributed by atoms with Crippen molar-refractivity contribution in [1.29, 1.82) is 0 Å². The highest BCUT2D eigenvalue weighted by Gasteiger charge is 2.16. The van der Waals surface area contributed by atoms with Gasteiger partial charge in [-0.3, -0.25) is 4.72 Å². The molecule has 0 atom stereocenters. The monoisotopic (exact) mass is 292 g/mol. The highest BCUT2D eigenvalue weighted by Crippen LogP contribution is 2.25. The Kier molecular flexibility index (Phi) is 2.83. The third kappa shape index (κ3) is 2.36. The molecule has 19 heavy (non-hydrogen) atoms. The van der Waals surface area contributed by atoms with Crippen LogP contribution >= 0.6 is 11.3 Å². The van der Waals surface area contributed by atoms with E-state index in [4.69, 9.17) is 0 Å². The number of thiophene rings is 1. The maximum absolute atomic E-state index is 12.2. The molecule has 2 heterocycles. The second kappa shape index (κ2) is 4.40. The molecule has 6 heteroatoms. The molecule has 0 saturated heterocycles. The third-order valence-electron chi connectivity index (χ3n) is 2.79. The van der Waals surface area contributed by atoms with E-state index in [1.165, 1.54) is 11.3 Å². The number of fused-ring (bicyclic) bond motifs is 1. The largest absolute Gasteiger partial charge is 0.361 e. The molecule has 0 bridgehead atoms. The lowest BCUT2D eigenvalue weighted by Crippen LogP contribution is -2.11. The molecule has 3 aromatic rings. The van der Waals surface area contributed by atoms with Crippen LogP contribution in [0.15, 0.2) is 46.8 Å². The standard InChI is InChI=1S/C13H12N2O2S2/c1-9-2-5-13(18-9)19(16,17)15-11-3-4-12-10(8-11)6-7-14-12/h2-8,14-15H,1H3. The van der Waals surface area contributed by atoms with E-state index in [0.717, 1.165) is 15.8 Å². The number of nitrogens with one attached hydrogen (secondary N) is 2.